The molecule has 2 N–H and O–H groups in total. The Morgan fingerprint density at radius 3 is 2.86 bits per heavy atom. The minimum Gasteiger partial charge on any atom is -0.391 e. The lowest BCUT2D eigenvalue weighted by molar-refractivity contribution is 0.0905. The summed E-state index contributed by atoms with van der Waals surface area (Å²) in [7, 11) is 0. The molecule has 2 aromatic rings. The van der Waals surface area contributed by atoms with Crippen molar-refractivity contribution in [1.29, 1.82) is 0 Å². The maximum Gasteiger partial charge on any atom is 0.271 e. The van der Waals surface area contributed by atoms with Gasteiger partial charge in [0.05, 0.1) is 16.8 Å². The average Bonchev–Trinajstić information content (AvgIpc) is 2.87. The Bertz CT molecular complexity index is 655. The lowest BCUT2D eigenvalue weighted by atomic mass is 10.2. The number of aryl methyl sites for hydroxylation is 1. The summed E-state index contributed by atoms with van der Waals surface area (Å²) in [5.41, 5.74) is 1.85. The highest BCUT2D eigenvalue weighted by atomic mass is 35.5. The molecule has 0 radical (unpaired) electrons. The molecule has 0 spiro atoms. The van der Waals surface area contributed by atoms with Gasteiger partial charge < -0.3 is 10.4 Å². The molecule has 118 valence electrons. The van der Waals surface area contributed by atoms with Crippen molar-refractivity contribution in [3.05, 3.63) is 46.7 Å². The summed E-state index contributed by atoms with van der Waals surface area (Å²) < 4.78 is 1.64. The van der Waals surface area contributed by atoms with Gasteiger partial charge in [0, 0.05) is 12.2 Å². The molecule has 0 aliphatic rings. The van der Waals surface area contributed by atoms with Crippen molar-refractivity contribution in [1.82, 2.24) is 15.1 Å². The van der Waals surface area contributed by atoms with Crippen molar-refractivity contribution >= 4 is 17.5 Å². The van der Waals surface area contributed by atoms with Crippen LogP contribution in [-0.4, -0.2) is 33.4 Å². The molecule has 0 saturated heterocycles. The van der Waals surface area contributed by atoms with Crippen molar-refractivity contribution in [2.24, 2.45) is 0 Å². The fraction of sp³-hybridized carbons (Fsp3) is 0.375. The number of aliphatic hydroxyl groups excluding tert-OH is 1. The molecule has 0 fully saturated rings. The molecular weight excluding hydrogens is 302 g/mol. The van der Waals surface area contributed by atoms with Crippen LogP contribution in [0.3, 0.4) is 0 Å². The van der Waals surface area contributed by atoms with Gasteiger partial charge in [0.1, 0.15) is 0 Å². The van der Waals surface area contributed by atoms with E-state index in [4.69, 9.17) is 11.6 Å². The number of para-hydroxylation sites is 1. The molecule has 0 aliphatic carbocycles. The molecule has 0 saturated carbocycles. The third kappa shape index (κ3) is 3.87. The topological polar surface area (TPSA) is 67.2 Å². The Morgan fingerprint density at radius 2 is 2.18 bits per heavy atom. The zero-order chi connectivity index (χ0) is 16.1. The van der Waals surface area contributed by atoms with Crippen LogP contribution in [0.5, 0.6) is 0 Å². The number of aliphatic hydroxyl groups is 1. The molecule has 1 unspecified atom stereocenters. The molecule has 0 bridgehead atoms. The van der Waals surface area contributed by atoms with E-state index in [2.05, 4.69) is 10.4 Å². The second-order valence-corrected chi connectivity index (χ2v) is 5.59. The maximum absolute atomic E-state index is 12.1. The number of nitrogens with one attached hydrogen (secondary N) is 1. The minimum atomic E-state index is -0.527. The van der Waals surface area contributed by atoms with Gasteiger partial charge in [0.2, 0.25) is 0 Å². The first-order valence-electron chi connectivity index (χ1n) is 7.30. The third-order valence-electron chi connectivity index (χ3n) is 3.32. The van der Waals surface area contributed by atoms with Gasteiger partial charge in [0.25, 0.3) is 5.91 Å². The maximum atomic E-state index is 12.1. The monoisotopic (exact) mass is 321 g/mol. The first kappa shape index (κ1) is 16.5. The van der Waals surface area contributed by atoms with Crippen molar-refractivity contribution in [3.63, 3.8) is 0 Å². The van der Waals surface area contributed by atoms with Crippen molar-refractivity contribution in [2.75, 3.05) is 6.54 Å². The van der Waals surface area contributed by atoms with Gasteiger partial charge in [0.15, 0.2) is 5.69 Å². The summed E-state index contributed by atoms with van der Waals surface area (Å²) in [4.78, 5) is 12.1. The molecule has 22 heavy (non-hydrogen) atoms. The number of carbonyl (C=O) groups excluding carboxylic acids is 1. The standard InChI is InChI=1S/C16H20ClN3O2/c1-3-6-12(21)10-18-16(22)14-9-11(2)20(19-14)15-8-5-4-7-13(15)17/h4-5,7-9,12,21H,3,6,10H2,1-2H3,(H,18,22). The van der Waals surface area contributed by atoms with Gasteiger partial charge in [-0.2, -0.15) is 5.10 Å². The Labute approximate surface area is 134 Å². The highest BCUT2D eigenvalue weighted by Crippen LogP contribution is 2.21. The summed E-state index contributed by atoms with van der Waals surface area (Å²) in [6.07, 6.45) is 1.01. The molecule has 1 atom stereocenters. The van der Waals surface area contributed by atoms with Crippen molar-refractivity contribution in [3.8, 4) is 5.69 Å². The number of nitrogens with zero attached hydrogens (tertiary/aromatic N) is 2. The Morgan fingerprint density at radius 1 is 1.45 bits per heavy atom. The third-order valence-corrected chi connectivity index (χ3v) is 3.64. The van der Waals surface area contributed by atoms with E-state index in [1.54, 1.807) is 16.8 Å². The van der Waals surface area contributed by atoms with Crippen LogP contribution in [0.15, 0.2) is 30.3 Å². The normalized spacial score (nSPS) is 12.2. The predicted octanol–water partition coefficient (Wildman–Crippen LogP) is 2.72. The zero-order valence-electron chi connectivity index (χ0n) is 12.7. The fourth-order valence-corrected chi connectivity index (χ4v) is 2.40. The number of benzene rings is 1. The fourth-order valence-electron chi connectivity index (χ4n) is 2.19. The Hall–Kier alpha value is -1.85. The highest BCUT2D eigenvalue weighted by Gasteiger charge is 2.15. The average molecular weight is 322 g/mol. The van der Waals surface area contributed by atoms with Crippen LogP contribution in [0.25, 0.3) is 5.69 Å². The van der Waals surface area contributed by atoms with Crippen LogP contribution < -0.4 is 5.32 Å². The predicted molar refractivity (Wildman–Crippen MR) is 86.6 cm³/mol. The zero-order valence-corrected chi connectivity index (χ0v) is 13.5. The molecule has 1 aromatic carbocycles. The van der Waals surface area contributed by atoms with E-state index in [9.17, 15) is 9.90 Å². The first-order valence-corrected chi connectivity index (χ1v) is 7.68. The van der Waals surface area contributed by atoms with Gasteiger partial charge in [-0.3, -0.25) is 4.79 Å². The summed E-state index contributed by atoms with van der Waals surface area (Å²) >= 11 is 6.16. The minimum absolute atomic E-state index is 0.227. The van der Waals surface area contributed by atoms with Gasteiger partial charge in [-0.05, 0) is 31.5 Å². The number of rotatable bonds is 6. The van der Waals surface area contributed by atoms with Gasteiger partial charge >= 0.3 is 0 Å². The second-order valence-electron chi connectivity index (χ2n) is 5.19. The first-order chi connectivity index (χ1) is 10.5. The molecule has 1 heterocycles. The number of amides is 1. The van der Waals surface area contributed by atoms with E-state index < -0.39 is 6.10 Å². The van der Waals surface area contributed by atoms with Crippen molar-refractivity contribution < 1.29 is 9.90 Å². The number of carbonyl (C=O) groups is 1. The van der Waals surface area contributed by atoms with Gasteiger partial charge in [-0.25, -0.2) is 4.68 Å². The number of aromatic nitrogens is 2. The molecule has 6 heteroatoms. The Balaban J connectivity index is 2.13. The number of halogens is 1. The van der Waals surface area contributed by atoms with E-state index in [1.165, 1.54) is 0 Å². The van der Waals surface area contributed by atoms with Gasteiger partial charge in [-0.15, -0.1) is 0 Å². The lowest BCUT2D eigenvalue weighted by Crippen LogP contribution is -2.32. The van der Waals surface area contributed by atoms with E-state index in [-0.39, 0.29) is 12.5 Å². The van der Waals surface area contributed by atoms with Gasteiger partial charge in [-0.1, -0.05) is 37.1 Å². The molecule has 0 aliphatic heterocycles. The SMILES string of the molecule is CCCC(O)CNC(=O)c1cc(C)n(-c2ccccc2Cl)n1. The summed E-state index contributed by atoms with van der Waals surface area (Å²) in [6.45, 7) is 4.07. The Kier molecular flexibility index (Phi) is 5.57. The van der Waals surface area contributed by atoms with Crippen LogP contribution >= 0.6 is 11.6 Å². The second kappa shape index (κ2) is 7.42. The lowest BCUT2D eigenvalue weighted by Gasteiger charge is -2.09. The molecule has 1 amide bonds. The van der Waals surface area contributed by atoms with E-state index >= 15 is 0 Å². The van der Waals surface area contributed by atoms with Crippen LogP contribution in [0, 0.1) is 6.92 Å². The molecule has 5 nitrogen and oxygen atoms in total. The van der Waals surface area contributed by atoms with Crippen molar-refractivity contribution in [2.45, 2.75) is 32.8 Å². The summed E-state index contributed by atoms with van der Waals surface area (Å²) in [5, 5.41) is 17.2. The van der Waals surface area contributed by atoms with Crippen LogP contribution in [0.2, 0.25) is 5.02 Å². The van der Waals surface area contributed by atoms with Crippen LogP contribution in [0.1, 0.15) is 35.9 Å². The van der Waals surface area contributed by atoms with E-state index in [1.807, 2.05) is 32.0 Å². The van der Waals surface area contributed by atoms with E-state index in [0.717, 1.165) is 17.8 Å². The quantitative estimate of drug-likeness (QED) is 0.859. The van der Waals surface area contributed by atoms with Crippen LogP contribution in [-0.2, 0) is 0 Å². The number of hydrogen-bond acceptors (Lipinski definition) is 3. The largest absolute Gasteiger partial charge is 0.391 e. The molecule has 1 aromatic heterocycles. The summed E-state index contributed by atoms with van der Waals surface area (Å²) in [6, 6.07) is 9.02. The van der Waals surface area contributed by atoms with E-state index in [0.29, 0.717) is 17.1 Å². The highest BCUT2D eigenvalue weighted by molar-refractivity contribution is 6.32. The molecular formula is C16H20ClN3O2. The number of hydrogen-bond donors (Lipinski definition) is 2. The smallest absolute Gasteiger partial charge is 0.271 e. The van der Waals surface area contributed by atoms with Crippen LogP contribution in [0.4, 0.5) is 0 Å². The summed E-state index contributed by atoms with van der Waals surface area (Å²) in [5.74, 6) is -0.302. The molecule has 2 rings (SSSR count).